The Labute approximate surface area is 188 Å². The maximum absolute atomic E-state index is 11.5. The molecular weight excluding hydrogens is 388 g/mol. The molecule has 0 aliphatic heterocycles. The molecule has 0 bridgehead atoms. The van der Waals surface area contributed by atoms with E-state index in [0.717, 1.165) is 25.7 Å². The van der Waals surface area contributed by atoms with Gasteiger partial charge in [0.15, 0.2) is 0 Å². The summed E-state index contributed by atoms with van der Waals surface area (Å²) in [7, 11) is 0. The summed E-state index contributed by atoms with van der Waals surface area (Å²) in [5.41, 5.74) is 5.26. The van der Waals surface area contributed by atoms with E-state index in [1.807, 2.05) is 6.08 Å². The topological polar surface area (TPSA) is 55.8 Å². The number of rotatable bonds is 13. The van der Waals surface area contributed by atoms with E-state index in [1.165, 1.54) is 28.4 Å². The molecule has 0 amide bonds. The molecule has 0 heterocycles. The lowest BCUT2D eigenvalue weighted by Gasteiger charge is -2.11. The molecule has 1 rings (SSSR count). The van der Waals surface area contributed by atoms with E-state index in [-0.39, 0.29) is 5.56 Å². The number of carbonyl (C=O) groups is 1. The Morgan fingerprint density at radius 1 is 0.806 bits per heavy atom. The highest BCUT2D eigenvalue weighted by Crippen LogP contribution is 2.25. The molecule has 31 heavy (non-hydrogen) atoms. The Morgan fingerprint density at radius 2 is 1.32 bits per heavy atom. The molecule has 0 saturated heterocycles. The van der Waals surface area contributed by atoms with Crippen LogP contribution in [0.5, 0.6) is 11.5 Å². The highest BCUT2D eigenvalue weighted by molar-refractivity contribution is 5.91. The Hall–Kier alpha value is -2.75. The predicted molar refractivity (Wildman–Crippen MR) is 129 cm³/mol. The van der Waals surface area contributed by atoms with Crippen molar-refractivity contribution in [2.75, 3.05) is 13.2 Å². The maximum atomic E-state index is 11.5. The summed E-state index contributed by atoms with van der Waals surface area (Å²) < 4.78 is 11.6. The third-order valence-electron chi connectivity index (χ3n) is 4.72. The first-order valence-electron chi connectivity index (χ1n) is 10.9. The van der Waals surface area contributed by atoms with Gasteiger partial charge in [-0.05, 0) is 91.5 Å². The fraction of sp³-hybridized carbons (Fsp3) is 0.444. The molecule has 0 aliphatic carbocycles. The monoisotopic (exact) mass is 426 g/mol. The summed E-state index contributed by atoms with van der Waals surface area (Å²) in [5, 5.41) is 9.45. The van der Waals surface area contributed by atoms with Crippen molar-refractivity contribution in [3.05, 3.63) is 70.4 Å². The van der Waals surface area contributed by atoms with Gasteiger partial charge in [-0.15, -0.1) is 0 Å². The van der Waals surface area contributed by atoms with Crippen molar-refractivity contribution in [2.24, 2.45) is 0 Å². The lowest BCUT2D eigenvalue weighted by molar-refractivity contribution is 0.0692. The molecule has 0 aliphatic rings. The first-order valence-corrected chi connectivity index (χ1v) is 10.9. The summed E-state index contributed by atoms with van der Waals surface area (Å²) in [6.45, 7) is 13.3. The first kappa shape index (κ1) is 26.3. The van der Waals surface area contributed by atoms with Crippen LogP contribution < -0.4 is 9.47 Å². The van der Waals surface area contributed by atoms with Crippen molar-refractivity contribution < 1.29 is 19.4 Å². The Kier molecular flexibility index (Phi) is 12.1. The fourth-order valence-electron chi connectivity index (χ4n) is 2.82. The fourth-order valence-corrected chi connectivity index (χ4v) is 2.82. The van der Waals surface area contributed by atoms with Gasteiger partial charge in [0.2, 0.25) is 0 Å². The van der Waals surface area contributed by atoms with Crippen molar-refractivity contribution in [3.8, 4) is 11.5 Å². The summed E-state index contributed by atoms with van der Waals surface area (Å²) in [4.78, 5) is 11.5. The summed E-state index contributed by atoms with van der Waals surface area (Å²) in [6, 6.07) is 4.86. The van der Waals surface area contributed by atoms with Crippen molar-refractivity contribution in [2.45, 2.75) is 67.2 Å². The van der Waals surface area contributed by atoms with Crippen LogP contribution in [0, 0.1) is 0 Å². The second kappa shape index (κ2) is 14.3. The van der Waals surface area contributed by atoms with E-state index in [9.17, 15) is 9.90 Å². The van der Waals surface area contributed by atoms with Crippen molar-refractivity contribution in [3.63, 3.8) is 0 Å². The molecule has 0 unspecified atom stereocenters. The second-order valence-corrected chi connectivity index (χ2v) is 8.33. The zero-order valence-corrected chi connectivity index (χ0v) is 20.0. The van der Waals surface area contributed by atoms with Crippen LogP contribution >= 0.6 is 0 Å². The normalized spacial score (nSPS) is 11.7. The minimum atomic E-state index is -1.01. The van der Waals surface area contributed by atoms with Gasteiger partial charge >= 0.3 is 5.97 Å². The minimum Gasteiger partial charge on any atom is -0.489 e. The quantitative estimate of drug-likeness (QED) is 0.331. The van der Waals surface area contributed by atoms with Gasteiger partial charge in [0, 0.05) is 6.07 Å². The molecule has 1 aromatic rings. The van der Waals surface area contributed by atoms with E-state index in [4.69, 9.17) is 9.47 Å². The number of carboxylic acids is 1. The zero-order chi connectivity index (χ0) is 23.2. The number of carboxylic acid groups (broad SMARTS) is 1. The molecule has 0 atom stereocenters. The number of hydrogen-bond donors (Lipinski definition) is 1. The van der Waals surface area contributed by atoms with Crippen LogP contribution in [0.15, 0.2) is 64.8 Å². The third kappa shape index (κ3) is 11.9. The lowest BCUT2D eigenvalue weighted by atomic mass is 10.1. The van der Waals surface area contributed by atoms with Gasteiger partial charge < -0.3 is 14.6 Å². The molecule has 170 valence electrons. The molecule has 4 nitrogen and oxygen atoms in total. The Balaban J connectivity index is 2.69. The van der Waals surface area contributed by atoms with Crippen LogP contribution in [0.2, 0.25) is 0 Å². The molecule has 4 heteroatoms. The maximum Gasteiger partial charge on any atom is 0.339 e. The average molecular weight is 427 g/mol. The second-order valence-electron chi connectivity index (χ2n) is 8.33. The molecule has 1 aromatic carbocycles. The van der Waals surface area contributed by atoms with Gasteiger partial charge in [0.05, 0.1) is 0 Å². The average Bonchev–Trinajstić information content (AvgIpc) is 2.67. The molecule has 0 spiro atoms. The predicted octanol–water partition coefficient (Wildman–Crippen LogP) is 7.53. The van der Waals surface area contributed by atoms with Gasteiger partial charge in [-0.3, -0.25) is 0 Å². The number of hydrogen-bond acceptors (Lipinski definition) is 3. The standard InChI is InChI=1S/C27H38O4/c1-20(2)9-7-11-22(5)15-17-30-24-13-14-25(27(28)29)26(19-24)31-18-16-23(6)12-8-10-21(3)4/h9-10,13-16,19H,7-8,11-12,17-18H2,1-6H3,(H,28,29)/b22-15+,23-16+. The molecular formula is C27H38O4. The Bertz CT molecular complexity index is 833. The number of allylic oxidation sites excluding steroid dienone is 6. The number of aromatic carboxylic acids is 1. The first-order chi connectivity index (χ1) is 14.7. The van der Waals surface area contributed by atoms with Crippen LogP contribution in [-0.4, -0.2) is 24.3 Å². The molecule has 0 radical (unpaired) electrons. The number of ether oxygens (including phenoxy) is 2. The largest absolute Gasteiger partial charge is 0.489 e. The third-order valence-corrected chi connectivity index (χ3v) is 4.72. The van der Waals surface area contributed by atoms with Crippen LogP contribution in [0.4, 0.5) is 0 Å². The van der Waals surface area contributed by atoms with Gasteiger partial charge in [0.1, 0.15) is 30.3 Å². The van der Waals surface area contributed by atoms with Gasteiger partial charge in [-0.1, -0.05) is 34.4 Å². The van der Waals surface area contributed by atoms with Crippen molar-refractivity contribution in [1.29, 1.82) is 0 Å². The van der Waals surface area contributed by atoms with Crippen LogP contribution in [-0.2, 0) is 0 Å². The molecule has 0 fully saturated rings. The SMILES string of the molecule is CC(C)=CCC/C(C)=C/COc1ccc(C(=O)O)c(OC/C=C(\C)CCC=C(C)C)c1. The Morgan fingerprint density at radius 3 is 1.81 bits per heavy atom. The molecule has 0 aromatic heterocycles. The zero-order valence-electron chi connectivity index (χ0n) is 20.0. The van der Waals surface area contributed by atoms with E-state index in [1.54, 1.807) is 12.1 Å². The molecule has 1 N–H and O–H groups in total. The van der Waals surface area contributed by atoms with Gasteiger partial charge in [-0.2, -0.15) is 0 Å². The summed E-state index contributed by atoms with van der Waals surface area (Å²) >= 11 is 0. The summed E-state index contributed by atoms with van der Waals surface area (Å²) in [5.74, 6) is -0.0963. The molecule has 0 saturated carbocycles. The van der Waals surface area contributed by atoms with E-state index < -0.39 is 5.97 Å². The summed E-state index contributed by atoms with van der Waals surface area (Å²) in [6.07, 6.45) is 12.5. The van der Waals surface area contributed by atoms with Crippen molar-refractivity contribution >= 4 is 5.97 Å². The van der Waals surface area contributed by atoms with Gasteiger partial charge in [0.25, 0.3) is 0 Å². The van der Waals surface area contributed by atoms with E-state index in [2.05, 4.69) is 59.8 Å². The van der Waals surface area contributed by atoms with E-state index >= 15 is 0 Å². The van der Waals surface area contributed by atoms with E-state index in [0.29, 0.717) is 24.7 Å². The number of benzene rings is 1. The highest BCUT2D eigenvalue weighted by atomic mass is 16.5. The highest BCUT2D eigenvalue weighted by Gasteiger charge is 2.12. The lowest BCUT2D eigenvalue weighted by Crippen LogP contribution is -2.04. The van der Waals surface area contributed by atoms with Crippen LogP contribution in [0.3, 0.4) is 0 Å². The van der Waals surface area contributed by atoms with Crippen molar-refractivity contribution in [1.82, 2.24) is 0 Å². The van der Waals surface area contributed by atoms with Crippen LogP contribution in [0.1, 0.15) is 77.6 Å². The van der Waals surface area contributed by atoms with Gasteiger partial charge in [-0.25, -0.2) is 4.79 Å². The van der Waals surface area contributed by atoms with Crippen LogP contribution in [0.25, 0.3) is 0 Å². The smallest absolute Gasteiger partial charge is 0.339 e. The minimum absolute atomic E-state index is 0.136.